The molecule has 1 aromatic heterocycles. The summed E-state index contributed by atoms with van der Waals surface area (Å²) < 4.78 is 28.0. The molecule has 39 heavy (non-hydrogen) atoms. The van der Waals surface area contributed by atoms with Crippen LogP contribution in [0.4, 0.5) is 10.8 Å². The lowest BCUT2D eigenvalue weighted by molar-refractivity contribution is -0.384. The number of anilines is 1. The van der Waals surface area contributed by atoms with Gasteiger partial charge in [-0.15, -0.1) is 0 Å². The minimum Gasteiger partial charge on any atom is -0.493 e. The SMILES string of the molecule is COc1ccc(C=Cc2cc(OC)c(OC)c(OC)c2)cc1OCC(=O)Nc1nc2cc([N+](=O)[O-])ccc2s1. The third-order valence-corrected chi connectivity index (χ3v) is 6.48. The third kappa shape index (κ3) is 6.36. The van der Waals surface area contributed by atoms with Crippen LogP contribution in [0, 0.1) is 10.1 Å². The van der Waals surface area contributed by atoms with Gasteiger partial charge in [0.1, 0.15) is 0 Å². The molecule has 12 heteroatoms. The zero-order valence-corrected chi connectivity index (χ0v) is 22.4. The summed E-state index contributed by atoms with van der Waals surface area (Å²) in [5, 5.41) is 14.0. The molecule has 0 saturated heterocycles. The molecule has 0 radical (unpaired) electrons. The van der Waals surface area contributed by atoms with E-state index in [0.717, 1.165) is 11.1 Å². The van der Waals surface area contributed by atoms with Crippen molar-refractivity contribution in [2.45, 2.75) is 0 Å². The van der Waals surface area contributed by atoms with E-state index in [9.17, 15) is 14.9 Å². The van der Waals surface area contributed by atoms with Gasteiger partial charge in [0.25, 0.3) is 11.6 Å². The first-order valence-corrected chi connectivity index (χ1v) is 12.3. The van der Waals surface area contributed by atoms with Crippen molar-refractivity contribution in [2.24, 2.45) is 0 Å². The van der Waals surface area contributed by atoms with Crippen LogP contribution < -0.4 is 29.0 Å². The Hall–Kier alpha value is -4.84. The standard InChI is InChI=1S/C27H25N3O8S/c1-34-20-9-7-16(5-6-17-12-22(35-2)26(37-4)23(13-17)36-3)11-21(20)38-15-25(31)29-27-28-19-14-18(30(32)33)8-10-24(19)39-27/h5-14H,15H2,1-4H3,(H,28,29,31). The maximum absolute atomic E-state index is 12.5. The third-order valence-electron chi connectivity index (χ3n) is 5.53. The topological polar surface area (TPSA) is 131 Å². The highest BCUT2D eigenvalue weighted by Crippen LogP contribution is 2.39. The highest BCUT2D eigenvalue weighted by atomic mass is 32.1. The predicted octanol–water partition coefficient (Wildman–Crippen LogP) is 5.43. The molecule has 0 spiro atoms. The number of thiazole rings is 1. The van der Waals surface area contributed by atoms with Crippen LogP contribution in [0.15, 0.2) is 48.5 Å². The molecule has 1 heterocycles. The Morgan fingerprint density at radius 2 is 1.56 bits per heavy atom. The molecular weight excluding hydrogens is 526 g/mol. The van der Waals surface area contributed by atoms with Gasteiger partial charge in [0, 0.05) is 12.1 Å². The second-order valence-corrected chi connectivity index (χ2v) is 9.00. The molecular formula is C27H25N3O8S. The van der Waals surface area contributed by atoms with Gasteiger partial charge in [0.15, 0.2) is 34.7 Å². The summed E-state index contributed by atoms with van der Waals surface area (Å²) in [6.07, 6.45) is 3.74. The van der Waals surface area contributed by atoms with Gasteiger partial charge >= 0.3 is 0 Å². The van der Waals surface area contributed by atoms with Crippen molar-refractivity contribution >= 4 is 50.4 Å². The van der Waals surface area contributed by atoms with E-state index in [2.05, 4.69) is 10.3 Å². The van der Waals surface area contributed by atoms with Crippen molar-refractivity contribution in [3.8, 4) is 28.7 Å². The molecule has 1 amide bonds. The number of amides is 1. The number of carbonyl (C=O) groups is 1. The molecule has 0 aliphatic rings. The van der Waals surface area contributed by atoms with Crippen LogP contribution in [-0.2, 0) is 4.79 Å². The molecule has 0 saturated carbocycles. The van der Waals surface area contributed by atoms with Gasteiger partial charge in [0.2, 0.25) is 5.75 Å². The summed E-state index contributed by atoms with van der Waals surface area (Å²) >= 11 is 1.21. The number of hydrogen-bond acceptors (Lipinski definition) is 10. The molecule has 202 valence electrons. The molecule has 4 rings (SSSR count). The maximum Gasteiger partial charge on any atom is 0.271 e. The number of nitrogens with one attached hydrogen (secondary N) is 1. The van der Waals surface area contributed by atoms with E-state index in [-0.39, 0.29) is 12.3 Å². The summed E-state index contributed by atoms with van der Waals surface area (Å²) in [6, 6.07) is 13.3. The Kier molecular flexibility index (Phi) is 8.46. The number of ether oxygens (including phenoxy) is 5. The van der Waals surface area contributed by atoms with E-state index in [4.69, 9.17) is 23.7 Å². The summed E-state index contributed by atoms with van der Waals surface area (Å²) in [6.45, 7) is -0.299. The Bertz CT molecular complexity index is 1520. The van der Waals surface area contributed by atoms with E-state index in [1.165, 1.54) is 30.6 Å². The molecule has 4 aromatic rings. The number of fused-ring (bicyclic) bond motifs is 1. The van der Waals surface area contributed by atoms with Gasteiger partial charge in [-0.2, -0.15) is 0 Å². The van der Waals surface area contributed by atoms with Gasteiger partial charge in [-0.05, 0) is 41.5 Å². The summed E-state index contributed by atoms with van der Waals surface area (Å²) in [5.41, 5.74) is 1.98. The minimum atomic E-state index is -0.494. The number of methoxy groups -OCH3 is 4. The summed E-state index contributed by atoms with van der Waals surface area (Å²) in [5.74, 6) is 1.96. The molecule has 0 unspecified atom stereocenters. The van der Waals surface area contributed by atoms with Gasteiger partial charge in [0.05, 0.1) is 43.6 Å². The molecule has 3 aromatic carbocycles. The molecule has 0 aliphatic carbocycles. The first kappa shape index (κ1) is 27.2. The largest absolute Gasteiger partial charge is 0.493 e. The number of hydrogen-bond donors (Lipinski definition) is 1. The van der Waals surface area contributed by atoms with E-state index in [0.29, 0.717) is 44.1 Å². The molecule has 0 aliphatic heterocycles. The van der Waals surface area contributed by atoms with Crippen LogP contribution >= 0.6 is 11.3 Å². The molecule has 11 nitrogen and oxygen atoms in total. The predicted molar refractivity (Wildman–Crippen MR) is 148 cm³/mol. The normalized spacial score (nSPS) is 10.9. The Morgan fingerprint density at radius 1 is 0.897 bits per heavy atom. The smallest absolute Gasteiger partial charge is 0.271 e. The average molecular weight is 552 g/mol. The first-order chi connectivity index (χ1) is 18.8. The number of nitro benzene ring substituents is 1. The van der Waals surface area contributed by atoms with Crippen molar-refractivity contribution < 1.29 is 33.4 Å². The van der Waals surface area contributed by atoms with Gasteiger partial charge < -0.3 is 23.7 Å². The van der Waals surface area contributed by atoms with Crippen molar-refractivity contribution in [3.63, 3.8) is 0 Å². The fourth-order valence-electron chi connectivity index (χ4n) is 3.68. The molecule has 0 atom stereocenters. The van der Waals surface area contributed by atoms with E-state index >= 15 is 0 Å². The number of rotatable bonds is 11. The fraction of sp³-hybridized carbons (Fsp3) is 0.185. The second kappa shape index (κ2) is 12.1. The van der Waals surface area contributed by atoms with Crippen LogP contribution in [0.1, 0.15) is 11.1 Å². The lowest BCUT2D eigenvalue weighted by Crippen LogP contribution is -2.20. The molecule has 0 bridgehead atoms. The first-order valence-electron chi connectivity index (χ1n) is 11.5. The monoisotopic (exact) mass is 551 g/mol. The zero-order chi connectivity index (χ0) is 27.9. The quantitative estimate of drug-likeness (QED) is 0.147. The number of nitro groups is 1. The van der Waals surface area contributed by atoms with Gasteiger partial charge in [-0.1, -0.05) is 29.6 Å². The summed E-state index contributed by atoms with van der Waals surface area (Å²) in [4.78, 5) is 27.3. The Balaban J connectivity index is 1.46. The second-order valence-electron chi connectivity index (χ2n) is 7.97. The molecule has 0 fully saturated rings. The maximum atomic E-state index is 12.5. The van der Waals surface area contributed by atoms with Gasteiger partial charge in [-0.3, -0.25) is 20.2 Å². The zero-order valence-electron chi connectivity index (χ0n) is 21.5. The number of carbonyl (C=O) groups excluding carboxylic acids is 1. The number of benzene rings is 3. The van der Waals surface area contributed by atoms with Crippen molar-refractivity contribution in [1.29, 1.82) is 0 Å². The van der Waals surface area contributed by atoms with Crippen LogP contribution in [0.5, 0.6) is 28.7 Å². The van der Waals surface area contributed by atoms with Gasteiger partial charge in [-0.25, -0.2) is 4.98 Å². The highest BCUT2D eigenvalue weighted by molar-refractivity contribution is 7.22. The highest BCUT2D eigenvalue weighted by Gasteiger charge is 2.14. The number of aromatic nitrogens is 1. The van der Waals surface area contributed by atoms with Crippen LogP contribution in [0.25, 0.3) is 22.4 Å². The fourth-order valence-corrected chi connectivity index (χ4v) is 4.54. The Morgan fingerprint density at radius 3 is 2.21 bits per heavy atom. The van der Waals surface area contributed by atoms with Crippen LogP contribution in [-0.4, -0.2) is 50.9 Å². The van der Waals surface area contributed by atoms with E-state index in [1.54, 1.807) is 39.5 Å². The lowest BCUT2D eigenvalue weighted by atomic mass is 10.1. The Labute approximate surface area is 227 Å². The van der Waals surface area contributed by atoms with Crippen LogP contribution in [0.2, 0.25) is 0 Å². The molecule has 1 N–H and O–H groups in total. The van der Waals surface area contributed by atoms with Crippen LogP contribution in [0.3, 0.4) is 0 Å². The minimum absolute atomic E-state index is 0.0692. The van der Waals surface area contributed by atoms with Crippen molar-refractivity contribution in [1.82, 2.24) is 4.98 Å². The average Bonchev–Trinajstić information content (AvgIpc) is 3.35. The van der Waals surface area contributed by atoms with E-state index < -0.39 is 10.8 Å². The van der Waals surface area contributed by atoms with Crippen molar-refractivity contribution in [3.05, 3.63) is 69.8 Å². The number of non-ortho nitro benzene ring substituents is 1. The van der Waals surface area contributed by atoms with E-state index in [1.807, 2.05) is 30.4 Å². The summed E-state index contributed by atoms with van der Waals surface area (Å²) in [7, 11) is 6.16. The lowest BCUT2D eigenvalue weighted by Gasteiger charge is -2.13. The van der Waals surface area contributed by atoms with Crippen molar-refractivity contribution in [2.75, 3.05) is 40.4 Å². The number of nitrogens with zero attached hydrogens (tertiary/aromatic N) is 2.